The van der Waals surface area contributed by atoms with Crippen LogP contribution in [0, 0.1) is 0 Å². The Balaban J connectivity index is 0.000000391. The van der Waals surface area contributed by atoms with Crippen molar-refractivity contribution < 1.29 is 34.6 Å². The molecule has 9 heteroatoms. The molecule has 9 rings (SSSR count). The predicted octanol–water partition coefficient (Wildman–Crippen LogP) is 12.8. The van der Waals surface area contributed by atoms with Gasteiger partial charge < -0.3 is 17.3 Å². The second-order valence-electron chi connectivity index (χ2n) is 13.0. The first-order valence-electron chi connectivity index (χ1n) is 18.7. The summed E-state index contributed by atoms with van der Waals surface area (Å²) in [5.74, 6) is 0. The summed E-state index contributed by atoms with van der Waals surface area (Å²) < 4.78 is 39.0. The predicted molar refractivity (Wildman–Crippen MR) is 247 cm³/mol. The van der Waals surface area contributed by atoms with E-state index in [9.17, 15) is 17.3 Å². The molecule has 0 aliphatic carbocycles. The quantitative estimate of drug-likeness (QED) is 0.0849. The van der Waals surface area contributed by atoms with Crippen LogP contribution in [0.1, 0.15) is 0 Å². The molecule has 0 nitrogen and oxygen atoms in total. The van der Waals surface area contributed by atoms with Gasteiger partial charge in [0.25, 0.3) is 0 Å². The minimum atomic E-state index is -6.00. The van der Waals surface area contributed by atoms with Crippen molar-refractivity contribution in [3.8, 4) is 11.1 Å². The Hall–Kier alpha value is -4.94. The number of hydrogen-bond acceptors (Lipinski definition) is 0. The molecule has 294 valence electrons. The van der Waals surface area contributed by atoms with Crippen LogP contribution >= 0.6 is 25.5 Å². The van der Waals surface area contributed by atoms with Crippen LogP contribution in [-0.2, 0) is 17.3 Å². The summed E-state index contributed by atoms with van der Waals surface area (Å²) >= 11 is 1.82. The maximum atomic E-state index is 9.75. The molecule has 0 radical (unpaired) electrons. The standard InChI is InChI=1S/C44H32P2.C6H6.BF4.ClH.Ru/c1-5-19-35(20-6-1)45(36-21-7-2-8-22-36)41-31-29-33-17-13-15-27-39(33)43(41)44-40-28-16-14-18-34(40)30-32-42(44)46(37-23-9-3-10-24-37)38-25-11-4-12-26-38;1-2-4-6-5-3-1;2-1(3,4)5;;/h1-32H;1-6H;;1H;/q;;-1;;+2/p-1. The minimum absolute atomic E-state index is 0.852. The van der Waals surface area contributed by atoms with Crippen LogP contribution in [0.2, 0.25) is 0 Å². The van der Waals surface area contributed by atoms with Crippen molar-refractivity contribution >= 4 is 86.2 Å². The normalized spacial score (nSPS) is 10.8. The van der Waals surface area contributed by atoms with Gasteiger partial charge in [-0.1, -0.05) is 231 Å². The molecule has 9 aromatic carbocycles. The van der Waals surface area contributed by atoms with Gasteiger partial charge in [0, 0.05) is 0 Å². The molecule has 0 unspecified atom stereocenters. The first kappa shape index (κ1) is 43.6. The van der Waals surface area contributed by atoms with E-state index in [1.54, 1.807) is 0 Å². The molecule has 0 spiro atoms. The first-order valence-corrected chi connectivity index (χ1v) is 23.6. The van der Waals surface area contributed by atoms with Crippen LogP contribution in [-0.4, -0.2) is 7.25 Å². The fourth-order valence-corrected chi connectivity index (χ4v) is 11.9. The summed E-state index contributed by atoms with van der Waals surface area (Å²) in [4.78, 5) is 0. The number of hydrogen-bond donors (Lipinski definition) is 0. The van der Waals surface area contributed by atoms with Crippen molar-refractivity contribution in [3.05, 3.63) is 231 Å². The summed E-state index contributed by atoms with van der Waals surface area (Å²) in [5, 5.41) is 13.3. The van der Waals surface area contributed by atoms with Crippen molar-refractivity contribution in [3.63, 3.8) is 0 Å². The van der Waals surface area contributed by atoms with E-state index in [0.29, 0.717) is 0 Å². The van der Waals surface area contributed by atoms with E-state index in [1.807, 2.05) is 53.7 Å². The summed E-state index contributed by atoms with van der Waals surface area (Å²) in [6, 6.07) is 83.8. The molecule has 0 atom stereocenters. The van der Waals surface area contributed by atoms with Crippen LogP contribution in [0.5, 0.6) is 0 Å². The van der Waals surface area contributed by atoms with Gasteiger partial charge in [-0.15, -0.1) is 0 Å². The third kappa shape index (κ3) is 11.6. The smallest absolute Gasteiger partial charge is 0.000884 e. The summed E-state index contributed by atoms with van der Waals surface area (Å²) in [5.41, 5.74) is 2.70. The van der Waals surface area contributed by atoms with Gasteiger partial charge >= 0.3 is 34.3 Å². The Morgan fingerprint density at radius 1 is 0.305 bits per heavy atom. The molecule has 0 amide bonds. The molecular formula is C50H38BClF4P2Ru. The molecule has 0 fully saturated rings. The molecule has 0 aliphatic heterocycles. The molecule has 0 aliphatic rings. The molecule has 0 heterocycles. The molecule has 0 N–H and O–H groups in total. The molecular weight excluding hydrogens is 886 g/mol. The zero-order valence-electron chi connectivity index (χ0n) is 31.7. The van der Waals surface area contributed by atoms with Gasteiger partial charge in [-0.3, -0.25) is 0 Å². The average Bonchev–Trinajstić information content (AvgIpc) is 3.29. The Morgan fingerprint density at radius 2 is 0.525 bits per heavy atom. The van der Waals surface area contributed by atoms with Gasteiger partial charge in [0.2, 0.25) is 0 Å². The number of rotatable bonds is 7. The minimum Gasteiger partial charge on any atom is -0.0623 e. The van der Waals surface area contributed by atoms with Crippen molar-refractivity contribution in [2.24, 2.45) is 0 Å². The van der Waals surface area contributed by atoms with Crippen molar-refractivity contribution in [1.29, 1.82) is 0 Å². The van der Waals surface area contributed by atoms with Gasteiger partial charge in [-0.2, -0.15) is 0 Å². The van der Waals surface area contributed by atoms with Crippen LogP contribution < -0.4 is 31.8 Å². The van der Waals surface area contributed by atoms with Gasteiger partial charge in [0.15, 0.2) is 0 Å². The van der Waals surface area contributed by atoms with E-state index in [2.05, 4.69) is 204 Å². The van der Waals surface area contributed by atoms with E-state index < -0.39 is 23.1 Å². The van der Waals surface area contributed by atoms with Crippen LogP contribution in [0.3, 0.4) is 0 Å². The molecule has 0 aromatic heterocycles. The third-order valence-corrected chi connectivity index (χ3v) is 14.2. The summed E-state index contributed by atoms with van der Waals surface area (Å²) in [7, 11) is -3.14. The Bertz CT molecular complexity index is 2360. The van der Waals surface area contributed by atoms with Crippen LogP contribution in [0.4, 0.5) is 17.3 Å². The van der Waals surface area contributed by atoms with Gasteiger partial charge in [-0.25, -0.2) is 0 Å². The monoisotopic (exact) mass is 924 g/mol. The molecule has 0 bridgehead atoms. The summed E-state index contributed by atoms with van der Waals surface area (Å²) in [6.45, 7) is 0. The van der Waals surface area contributed by atoms with Gasteiger partial charge in [0.05, 0.1) is 0 Å². The van der Waals surface area contributed by atoms with E-state index in [0.717, 1.165) is 0 Å². The number of halogens is 5. The largest absolute Gasteiger partial charge is 0.0623 e. The molecule has 0 saturated carbocycles. The average molecular weight is 924 g/mol. The SMILES string of the molecule is F[B-](F)(F)F.[Cl][Ru+].c1ccc(P(c2ccccc2)c2ccc3ccccc3c2-c2c(P(c3ccccc3)c3ccccc3)ccc3ccccc23)cc1.c1ccccc1. The van der Waals surface area contributed by atoms with Crippen molar-refractivity contribution in [2.45, 2.75) is 0 Å². The van der Waals surface area contributed by atoms with E-state index in [1.165, 1.54) is 64.5 Å². The zero-order valence-corrected chi connectivity index (χ0v) is 35.9. The third-order valence-electron chi connectivity index (χ3n) is 9.27. The van der Waals surface area contributed by atoms with E-state index in [-0.39, 0.29) is 0 Å². The Kier molecular flexibility index (Phi) is 16.2. The van der Waals surface area contributed by atoms with Crippen LogP contribution in [0.25, 0.3) is 32.7 Å². The van der Waals surface area contributed by atoms with Gasteiger partial charge in [-0.05, 0) is 80.3 Å². The molecule has 0 saturated heterocycles. The van der Waals surface area contributed by atoms with Crippen LogP contribution in [0.15, 0.2) is 231 Å². The topological polar surface area (TPSA) is 0 Å². The Morgan fingerprint density at radius 3 is 0.797 bits per heavy atom. The van der Waals surface area contributed by atoms with E-state index >= 15 is 0 Å². The fraction of sp³-hybridized carbons (Fsp3) is 0. The summed E-state index contributed by atoms with van der Waals surface area (Å²) in [6.07, 6.45) is 0. The van der Waals surface area contributed by atoms with E-state index in [4.69, 9.17) is 0 Å². The Labute approximate surface area is 360 Å². The maximum absolute atomic E-state index is 9.75. The fourth-order valence-electron chi connectivity index (χ4n) is 6.97. The second kappa shape index (κ2) is 21.9. The van der Waals surface area contributed by atoms with Crippen molar-refractivity contribution in [1.82, 2.24) is 0 Å². The maximum Gasteiger partial charge on any atom is -0.000884 e. The number of benzene rings is 9. The second-order valence-corrected chi connectivity index (χ2v) is 17.4. The molecule has 59 heavy (non-hydrogen) atoms. The van der Waals surface area contributed by atoms with Gasteiger partial charge in [0.1, 0.15) is 0 Å². The zero-order chi connectivity index (χ0) is 41.5. The van der Waals surface area contributed by atoms with Crippen molar-refractivity contribution in [2.75, 3.05) is 0 Å². The number of fused-ring (bicyclic) bond motifs is 2. The molecule has 9 aromatic rings. The first-order chi connectivity index (χ1) is 28.9.